The number of carbonyl (C=O) groups is 1. The summed E-state index contributed by atoms with van der Waals surface area (Å²) in [6, 6.07) is 7.65. The highest BCUT2D eigenvalue weighted by Gasteiger charge is 2.21. The van der Waals surface area contributed by atoms with Crippen molar-refractivity contribution >= 4 is 17.6 Å². The van der Waals surface area contributed by atoms with Gasteiger partial charge in [-0.05, 0) is 24.1 Å². The summed E-state index contributed by atoms with van der Waals surface area (Å²) in [7, 11) is 0. The monoisotopic (exact) mass is 282 g/mol. The topological polar surface area (TPSA) is 41.1 Å². The van der Waals surface area contributed by atoms with Crippen molar-refractivity contribution in [1.29, 1.82) is 0 Å². The minimum atomic E-state index is -0.118. The Hall–Kier alpha value is -1.22. The Morgan fingerprint density at radius 3 is 2.42 bits per heavy atom. The highest BCUT2D eigenvalue weighted by atomic mass is 35.5. The molecular formula is C15H23ClN2O. The maximum atomic E-state index is 11.6. The van der Waals surface area contributed by atoms with Crippen molar-refractivity contribution in [3.8, 4) is 0 Å². The Bertz CT molecular complexity index is 401. The SMILES string of the molecule is CCCCNC(=O)NCC(C)(C)c1ccc(Cl)cc1. The average molecular weight is 283 g/mol. The Kier molecular flexibility index (Phi) is 6.16. The molecule has 0 aliphatic rings. The fraction of sp³-hybridized carbons (Fsp3) is 0.533. The molecule has 0 radical (unpaired) electrons. The zero-order valence-corrected chi connectivity index (χ0v) is 12.7. The largest absolute Gasteiger partial charge is 0.338 e. The van der Waals surface area contributed by atoms with Gasteiger partial charge < -0.3 is 10.6 Å². The van der Waals surface area contributed by atoms with Gasteiger partial charge in [-0.2, -0.15) is 0 Å². The number of urea groups is 1. The molecule has 106 valence electrons. The third-order valence-electron chi connectivity index (χ3n) is 3.13. The lowest BCUT2D eigenvalue weighted by atomic mass is 9.85. The zero-order chi connectivity index (χ0) is 14.3. The van der Waals surface area contributed by atoms with Crippen LogP contribution in [-0.2, 0) is 5.41 Å². The molecule has 0 aliphatic heterocycles. The van der Waals surface area contributed by atoms with Crippen LogP contribution in [0.15, 0.2) is 24.3 Å². The van der Waals surface area contributed by atoms with Gasteiger partial charge in [0.2, 0.25) is 0 Å². The van der Waals surface area contributed by atoms with E-state index in [0.29, 0.717) is 6.54 Å². The van der Waals surface area contributed by atoms with E-state index in [2.05, 4.69) is 31.4 Å². The van der Waals surface area contributed by atoms with Gasteiger partial charge in [0.25, 0.3) is 0 Å². The van der Waals surface area contributed by atoms with Crippen LogP contribution in [0.1, 0.15) is 39.2 Å². The van der Waals surface area contributed by atoms with Crippen LogP contribution in [0.5, 0.6) is 0 Å². The third kappa shape index (κ3) is 5.52. The molecule has 2 amide bonds. The van der Waals surface area contributed by atoms with Gasteiger partial charge in [-0.25, -0.2) is 4.79 Å². The first-order chi connectivity index (χ1) is 8.95. The standard InChI is InChI=1S/C15H23ClN2O/c1-4-5-10-17-14(19)18-11-15(2,3)12-6-8-13(16)9-7-12/h6-9H,4-5,10-11H2,1-3H3,(H2,17,18,19). The fourth-order valence-corrected chi connectivity index (χ4v) is 1.87. The maximum Gasteiger partial charge on any atom is 0.314 e. The quantitative estimate of drug-likeness (QED) is 0.767. The molecule has 0 saturated heterocycles. The van der Waals surface area contributed by atoms with Gasteiger partial charge >= 0.3 is 6.03 Å². The van der Waals surface area contributed by atoms with Gasteiger partial charge in [-0.1, -0.05) is 50.9 Å². The summed E-state index contributed by atoms with van der Waals surface area (Å²) in [6.45, 7) is 7.62. The van der Waals surface area contributed by atoms with Crippen LogP contribution in [0.3, 0.4) is 0 Å². The normalized spacial score (nSPS) is 11.2. The van der Waals surface area contributed by atoms with Crippen molar-refractivity contribution in [1.82, 2.24) is 10.6 Å². The van der Waals surface area contributed by atoms with Gasteiger partial charge in [-0.3, -0.25) is 0 Å². The van der Waals surface area contributed by atoms with E-state index in [0.717, 1.165) is 30.0 Å². The van der Waals surface area contributed by atoms with Crippen LogP contribution in [0.4, 0.5) is 4.79 Å². The van der Waals surface area contributed by atoms with E-state index in [1.54, 1.807) is 0 Å². The van der Waals surface area contributed by atoms with Gasteiger partial charge in [0.05, 0.1) is 0 Å². The van der Waals surface area contributed by atoms with E-state index < -0.39 is 0 Å². The Labute approximate surface area is 120 Å². The van der Waals surface area contributed by atoms with Gasteiger partial charge in [0.1, 0.15) is 0 Å². The molecule has 0 aromatic heterocycles. The highest BCUT2D eigenvalue weighted by Crippen LogP contribution is 2.23. The molecule has 1 aromatic rings. The molecular weight excluding hydrogens is 260 g/mol. The van der Waals surface area contributed by atoms with E-state index in [1.165, 1.54) is 0 Å². The van der Waals surface area contributed by atoms with Gasteiger partial charge in [0, 0.05) is 23.5 Å². The molecule has 0 saturated carbocycles. The van der Waals surface area contributed by atoms with Crippen molar-refractivity contribution in [3.05, 3.63) is 34.9 Å². The van der Waals surface area contributed by atoms with E-state index >= 15 is 0 Å². The minimum Gasteiger partial charge on any atom is -0.338 e. The summed E-state index contributed by atoms with van der Waals surface area (Å²) < 4.78 is 0. The van der Waals surface area contributed by atoms with Crippen LogP contribution >= 0.6 is 11.6 Å². The van der Waals surface area contributed by atoms with Crippen LogP contribution in [0.2, 0.25) is 5.02 Å². The summed E-state index contributed by atoms with van der Waals surface area (Å²) in [5, 5.41) is 6.48. The third-order valence-corrected chi connectivity index (χ3v) is 3.38. The first-order valence-corrected chi connectivity index (χ1v) is 7.11. The Balaban J connectivity index is 2.46. The van der Waals surface area contributed by atoms with Gasteiger partial charge in [-0.15, -0.1) is 0 Å². The molecule has 2 N–H and O–H groups in total. The summed E-state index contributed by atoms with van der Waals surface area (Å²) in [6.07, 6.45) is 2.09. The molecule has 0 atom stereocenters. The Morgan fingerprint density at radius 2 is 1.84 bits per heavy atom. The molecule has 0 fully saturated rings. The molecule has 1 aromatic carbocycles. The summed E-state index contributed by atoms with van der Waals surface area (Å²) in [4.78, 5) is 11.6. The van der Waals surface area contributed by atoms with Gasteiger partial charge in [0.15, 0.2) is 0 Å². The van der Waals surface area contributed by atoms with E-state index in [-0.39, 0.29) is 11.4 Å². The molecule has 0 heterocycles. The lowest BCUT2D eigenvalue weighted by Crippen LogP contribution is -2.42. The highest BCUT2D eigenvalue weighted by molar-refractivity contribution is 6.30. The second-order valence-electron chi connectivity index (χ2n) is 5.35. The first kappa shape index (κ1) is 15.8. The molecule has 19 heavy (non-hydrogen) atoms. The van der Waals surface area contributed by atoms with Crippen LogP contribution in [0, 0.1) is 0 Å². The van der Waals surface area contributed by atoms with Crippen molar-refractivity contribution < 1.29 is 4.79 Å². The van der Waals surface area contributed by atoms with Crippen molar-refractivity contribution in [2.75, 3.05) is 13.1 Å². The number of benzene rings is 1. The number of nitrogens with one attached hydrogen (secondary N) is 2. The smallest absolute Gasteiger partial charge is 0.314 e. The fourth-order valence-electron chi connectivity index (χ4n) is 1.75. The number of amides is 2. The second-order valence-corrected chi connectivity index (χ2v) is 5.79. The summed E-state index contributed by atoms with van der Waals surface area (Å²) in [5.74, 6) is 0. The second kappa shape index (κ2) is 7.39. The van der Waals surface area contributed by atoms with Crippen LogP contribution < -0.4 is 10.6 Å². The van der Waals surface area contributed by atoms with Crippen molar-refractivity contribution in [2.45, 2.75) is 39.0 Å². The Morgan fingerprint density at radius 1 is 1.21 bits per heavy atom. The molecule has 3 nitrogen and oxygen atoms in total. The number of hydrogen-bond acceptors (Lipinski definition) is 1. The number of rotatable bonds is 6. The molecule has 0 aliphatic carbocycles. The molecule has 0 spiro atoms. The van der Waals surface area contributed by atoms with Crippen LogP contribution in [0.25, 0.3) is 0 Å². The number of carbonyl (C=O) groups excluding carboxylic acids is 1. The lowest BCUT2D eigenvalue weighted by molar-refractivity contribution is 0.238. The van der Waals surface area contributed by atoms with E-state index in [1.807, 2.05) is 24.3 Å². The lowest BCUT2D eigenvalue weighted by Gasteiger charge is -2.25. The number of halogens is 1. The average Bonchev–Trinajstić information content (AvgIpc) is 2.37. The molecule has 4 heteroatoms. The van der Waals surface area contributed by atoms with E-state index in [4.69, 9.17) is 11.6 Å². The van der Waals surface area contributed by atoms with Crippen molar-refractivity contribution in [2.24, 2.45) is 0 Å². The molecule has 0 bridgehead atoms. The van der Waals surface area contributed by atoms with E-state index in [9.17, 15) is 4.79 Å². The minimum absolute atomic E-state index is 0.101. The molecule has 1 rings (SSSR count). The summed E-state index contributed by atoms with van der Waals surface area (Å²) >= 11 is 5.88. The molecule has 0 unspecified atom stereocenters. The summed E-state index contributed by atoms with van der Waals surface area (Å²) in [5.41, 5.74) is 1.04. The maximum absolute atomic E-state index is 11.6. The van der Waals surface area contributed by atoms with Crippen LogP contribution in [-0.4, -0.2) is 19.1 Å². The predicted octanol–water partition coefficient (Wildman–Crippen LogP) is 3.72. The van der Waals surface area contributed by atoms with Crippen molar-refractivity contribution in [3.63, 3.8) is 0 Å². The number of hydrogen-bond donors (Lipinski definition) is 2. The predicted molar refractivity (Wildman–Crippen MR) is 80.8 cm³/mol. The first-order valence-electron chi connectivity index (χ1n) is 6.73. The number of unbranched alkanes of at least 4 members (excludes halogenated alkanes) is 1. The zero-order valence-electron chi connectivity index (χ0n) is 11.9.